The summed E-state index contributed by atoms with van der Waals surface area (Å²) in [5.74, 6) is -1.43. The van der Waals surface area contributed by atoms with Crippen molar-refractivity contribution in [2.75, 3.05) is 11.1 Å². The highest BCUT2D eigenvalue weighted by atomic mass is 32.2. The highest BCUT2D eigenvalue weighted by Gasteiger charge is 2.33. The first kappa shape index (κ1) is 20.1. The molecular weight excluding hydrogens is 392 g/mol. The molecule has 8 nitrogen and oxygen atoms in total. The van der Waals surface area contributed by atoms with Crippen molar-refractivity contribution in [3.8, 4) is 6.07 Å². The monoisotopic (exact) mass is 408 g/mol. The Labute approximate surface area is 170 Å². The van der Waals surface area contributed by atoms with Gasteiger partial charge in [-0.3, -0.25) is 19.7 Å². The fraction of sp³-hybridized carbons (Fsp3) is 0.150. The maximum Gasteiger partial charge on any atom is 0.273 e. The number of nitrogens with zero attached hydrogens (tertiary/aromatic N) is 2. The summed E-state index contributed by atoms with van der Waals surface area (Å²) in [6, 6.07) is 17.0. The van der Waals surface area contributed by atoms with Crippen molar-refractivity contribution in [2.24, 2.45) is 0 Å². The summed E-state index contributed by atoms with van der Waals surface area (Å²) in [4.78, 5) is 35.2. The average molecular weight is 408 g/mol. The number of nitrogens with one attached hydrogen (secondary N) is 2. The summed E-state index contributed by atoms with van der Waals surface area (Å²) in [6.07, 6.45) is -0.0754. The van der Waals surface area contributed by atoms with Crippen molar-refractivity contribution in [2.45, 2.75) is 12.3 Å². The minimum absolute atomic E-state index is 0.0285. The topological polar surface area (TPSA) is 125 Å². The lowest BCUT2D eigenvalue weighted by molar-refractivity contribution is -0.385. The van der Waals surface area contributed by atoms with Gasteiger partial charge in [0.05, 0.1) is 27.3 Å². The minimum Gasteiger partial charge on any atom is -0.325 e. The number of para-hydroxylation sites is 2. The molecule has 0 saturated heterocycles. The zero-order valence-corrected chi connectivity index (χ0v) is 15.9. The van der Waals surface area contributed by atoms with Crippen LogP contribution in [0, 0.1) is 21.4 Å². The predicted molar refractivity (Wildman–Crippen MR) is 109 cm³/mol. The van der Waals surface area contributed by atoms with E-state index in [1.54, 1.807) is 36.4 Å². The Hall–Kier alpha value is -3.64. The Morgan fingerprint density at radius 1 is 1.24 bits per heavy atom. The van der Waals surface area contributed by atoms with Crippen LogP contribution in [0.15, 0.2) is 65.2 Å². The molecule has 0 spiro atoms. The lowest BCUT2D eigenvalue weighted by Crippen LogP contribution is -2.31. The Morgan fingerprint density at radius 2 is 1.93 bits per heavy atom. The van der Waals surface area contributed by atoms with Crippen LogP contribution in [0.5, 0.6) is 0 Å². The molecule has 2 aromatic rings. The van der Waals surface area contributed by atoms with E-state index < -0.39 is 10.8 Å². The number of nitro benzene ring substituents is 1. The zero-order valence-electron chi connectivity index (χ0n) is 15.1. The van der Waals surface area contributed by atoms with Crippen molar-refractivity contribution in [1.82, 2.24) is 5.32 Å². The predicted octanol–water partition coefficient (Wildman–Crippen LogP) is 3.31. The molecule has 0 radical (unpaired) electrons. The van der Waals surface area contributed by atoms with Crippen molar-refractivity contribution in [3.63, 3.8) is 0 Å². The Kier molecular flexibility index (Phi) is 6.26. The molecule has 0 saturated carbocycles. The zero-order chi connectivity index (χ0) is 20.8. The van der Waals surface area contributed by atoms with Crippen LogP contribution < -0.4 is 10.6 Å². The summed E-state index contributed by atoms with van der Waals surface area (Å²) >= 11 is 1.02. The number of amides is 2. The number of rotatable bonds is 6. The van der Waals surface area contributed by atoms with E-state index in [4.69, 9.17) is 0 Å². The van der Waals surface area contributed by atoms with Gasteiger partial charge >= 0.3 is 0 Å². The van der Waals surface area contributed by atoms with Gasteiger partial charge in [0, 0.05) is 29.7 Å². The van der Waals surface area contributed by atoms with Crippen LogP contribution in [0.25, 0.3) is 0 Å². The summed E-state index contributed by atoms with van der Waals surface area (Å²) < 4.78 is 0. The molecule has 1 atom stereocenters. The Bertz CT molecular complexity index is 1030. The van der Waals surface area contributed by atoms with E-state index in [1.807, 2.05) is 6.07 Å². The molecule has 0 aromatic heterocycles. The molecule has 0 aliphatic carbocycles. The first-order chi connectivity index (χ1) is 14.0. The maximum absolute atomic E-state index is 12.2. The molecule has 0 bridgehead atoms. The Balaban J connectivity index is 1.83. The maximum atomic E-state index is 12.2. The van der Waals surface area contributed by atoms with Gasteiger partial charge in [-0.05, 0) is 12.1 Å². The quantitative estimate of drug-likeness (QED) is 0.558. The molecular formula is C20H16N4O4S. The number of thioether (sulfide) groups is 1. The van der Waals surface area contributed by atoms with Crippen LogP contribution in [0.1, 0.15) is 17.9 Å². The fourth-order valence-electron chi connectivity index (χ4n) is 3.00. The fourth-order valence-corrected chi connectivity index (χ4v) is 3.88. The highest BCUT2D eigenvalue weighted by Crippen LogP contribution is 2.39. The van der Waals surface area contributed by atoms with Gasteiger partial charge in [0.15, 0.2) is 0 Å². The lowest BCUT2D eigenvalue weighted by atomic mass is 9.86. The number of anilines is 1. The molecule has 2 amide bonds. The summed E-state index contributed by atoms with van der Waals surface area (Å²) in [5, 5.41) is 26.6. The molecule has 1 unspecified atom stereocenters. The Morgan fingerprint density at radius 3 is 2.62 bits per heavy atom. The van der Waals surface area contributed by atoms with Crippen LogP contribution in [-0.4, -0.2) is 22.5 Å². The molecule has 0 fully saturated rings. The third kappa shape index (κ3) is 4.80. The third-order valence-corrected chi connectivity index (χ3v) is 5.29. The van der Waals surface area contributed by atoms with E-state index in [1.165, 1.54) is 12.1 Å². The molecule has 146 valence electrons. The van der Waals surface area contributed by atoms with E-state index >= 15 is 0 Å². The first-order valence-corrected chi connectivity index (χ1v) is 9.63. The van der Waals surface area contributed by atoms with E-state index in [9.17, 15) is 25.0 Å². The molecule has 2 aromatic carbocycles. The number of benzene rings is 2. The molecule has 1 aliphatic heterocycles. The minimum atomic E-state index is -0.741. The van der Waals surface area contributed by atoms with Gasteiger partial charge in [-0.25, -0.2) is 0 Å². The second kappa shape index (κ2) is 9.03. The van der Waals surface area contributed by atoms with Crippen molar-refractivity contribution in [1.29, 1.82) is 5.26 Å². The van der Waals surface area contributed by atoms with E-state index in [0.717, 1.165) is 11.8 Å². The smallest absolute Gasteiger partial charge is 0.273 e. The van der Waals surface area contributed by atoms with Crippen LogP contribution in [0.2, 0.25) is 0 Å². The van der Waals surface area contributed by atoms with Crippen LogP contribution in [-0.2, 0) is 9.59 Å². The van der Waals surface area contributed by atoms with E-state index in [0.29, 0.717) is 11.3 Å². The molecule has 3 rings (SSSR count). The highest BCUT2D eigenvalue weighted by molar-refractivity contribution is 8.03. The van der Waals surface area contributed by atoms with Crippen LogP contribution >= 0.6 is 11.8 Å². The van der Waals surface area contributed by atoms with E-state index in [2.05, 4.69) is 16.7 Å². The van der Waals surface area contributed by atoms with Gasteiger partial charge in [-0.2, -0.15) is 5.26 Å². The standard InChI is InChI=1S/C20H16N4O4S/c21-11-16-15(14-8-4-5-9-17(14)24(27)28)10-18(25)23-20(16)29-12-19(26)22-13-6-2-1-3-7-13/h1-9,15H,10,12H2,(H,22,26)(H,23,25). The van der Waals surface area contributed by atoms with E-state index in [-0.39, 0.29) is 40.3 Å². The largest absolute Gasteiger partial charge is 0.325 e. The summed E-state index contributed by atoms with van der Waals surface area (Å²) in [5.41, 5.74) is 0.997. The first-order valence-electron chi connectivity index (χ1n) is 8.64. The average Bonchev–Trinajstić information content (AvgIpc) is 2.72. The summed E-state index contributed by atoms with van der Waals surface area (Å²) in [6.45, 7) is 0. The number of carbonyl (C=O) groups is 2. The lowest BCUT2D eigenvalue weighted by Gasteiger charge is -2.24. The normalized spacial score (nSPS) is 16.0. The van der Waals surface area contributed by atoms with Gasteiger partial charge in [0.2, 0.25) is 11.8 Å². The number of nitro groups is 1. The number of nitriles is 1. The molecule has 1 aliphatic rings. The van der Waals surface area contributed by atoms with Crippen LogP contribution in [0.4, 0.5) is 11.4 Å². The van der Waals surface area contributed by atoms with Crippen LogP contribution in [0.3, 0.4) is 0 Å². The van der Waals surface area contributed by atoms with Crippen molar-refractivity contribution in [3.05, 3.63) is 80.9 Å². The van der Waals surface area contributed by atoms with Gasteiger partial charge in [0.1, 0.15) is 0 Å². The SMILES string of the molecule is N#CC1=C(SCC(=O)Nc2ccccc2)NC(=O)CC1c1ccccc1[N+](=O)[O-]. The molecule has 2 N–H and O–H groups in total. The second-order valence-electron chi connectivity index (χ2n) is 6.18. The number of hydrogen-bond donors (Lipinski definition) is 2. The molecule has 1 heterocycles. The second-order valence-corrected chi connectivity index (χ2v) is 7.16. The van der Waals surface area contributed by atoms with Crippen molar-refractivity contribution >= 4 is 35.0 Å². The number of allylic oxidation sites excluding steroid dienone is 1. The molecule has 9 heteroatoms. The summed E-state index contributed by atoms with van der Waals surface area (Å²) in [7, 11) is 0. The van der Waals surface area contributed by atoms with Gasteiger partial charge in [-0.15, -0.1) is 0 Å². The van der Waals surface area contributed by atoms with Gasteiger partial charge in [0.25, 0.3) is 5.69 Å². The van der Waals surface area contributed by atoms with Gasteiger partial charge < -0.3 is 10.6 Å². The number of carbonyl (C=O) groups excluding carboxylic acids is 2. The van der Waals surface area contributed by atoms with Gasteiger partial charge in [-0.1, -0.05) is 48.2 Å². The van der Waals surface area contributed by atoms with Crippen molar-refractivity contribution < 1.29 is 14.5 Å². The number of hydrogen-bond acceptors (Lipinski definition) is 6. The molecule has 29 heavy (non-hydrogen) atoms. The third-order valence-electron chi connectivity index (χ3n) is 4.27.